The van der Waals surface area contributed by atoms with Crippen LogP contribution in [0.4, 0.5) is 0 Å². The highest BCUT2D eigenvalue weighted by Gasteiger charge is 2.20. The Labute approximate surface area is 154 Å². The van der Waals surface area contributed by atoms with Gasteiger partial charge in [0.25, 0.3) is 0 Å². The van der Waals surface area contributed by atoms with E-state index in [2.05, 4.69) is 35.3 Å². The van der Waals surface area contributed by atoms with E-state index in [-0.39, 0.29) is 5.91 Å². The molecule has 0 bridgehead atoms. The molecule has 0 unspecified atom stereocenters. The molecule has 1 saturated heterocycles. The molecule has 1 aliphatic rings. The maximum absolute atomic E-state index is 11.5. The van der Waals surface area contributed by atoms with Crippen molar-refractivity contribution in [1.82, 2.24) is 20.1 Å². The molecule has 1 aliphatic heterocycles. The number of amides is 1. The molecular formula is C20H27N5O. The van der Waals surface area contributed by atoms with E-state index in [1.807, 2.05) is 23.1 Å². The molecular weight excluding hydrogens is 326 g/mol. The number of pyridine rings is 1. The SMILES string of the molecule is CCNC(=NCCc1ccc2ccccc2n1)N1CCN(C(C)=O)CC1. The lowest BCUT2D eigenvalue weighted by molar-refractivity contribution is -0.130. The van der Waals surface area contributed by atoms with Crippen molar-refractivity contribution in [3.8, 4) is 0 Å². The predicted octanol–water partition coefficient (Wildman–Crippen LogP) is 1.91. The molecule has 0 spiro atoms. The van der Waals surface area contributed by atoms with Crippen LogP contribution < -0.4 is 5.32 Å². The zero-order valence-corrected chi connectivity index (χ0v) is 15.6. The fraction of sp³-hybridized carbons (Fsp3) is 0.450. The smallest absolute Gasteiger partial charge is 0.219 e. The van der Waals surface area contributed by atoms with Crippen molar-refractivity contribution < 1.29 is 4.79 Å². The zero-order chi connectivity index (χ0) is 18.4. The average Bonchev–Trinajstić information content (AvgIpc) is 2.67. The highest BCUT2D eigenvalue weighted by Crippen LogP contribution is 2.12. The van der Waals surface area contributed by atoms with Crippen LogP contribution in [-0.4, -0.2) is 65.9 Å². The van der Waals surface area contributed by atoms with Crippen molar-refractivity contribution in [3.05, 3.63) is 42.1 Å². The summed E-state index contributed by atoms with van der Waals surface area (Å²) in [5.74, 6) is 1.07. The summed E-state index contributed by atoms with van der Waals surface area (Å²) < 4.78 is 0. The first-order chi connectivity index (χ1) is 12.7. The lowest BCUT2D eigenvalue weighted by atomic mass is 10.2. The van der Waals surface area contributed by atoms with Gasteiger partial charge < -0.3 is 15.1 Å². The summed E-state index contributed by atoms with van der Waals surface area (Å²) in [6, 6.07) is 12.4. The number of nitrogens with one attached hydrogen (secondary N) is 1. The number of fused-ring (bicyclic) bond motifs is 1. The van der Waals surface area contributed by atoms with E-state index in [1.54, 1.807) is 6.92 Å². The minimum absolute atomic E-state index is 0.147. The van der Waals surface area contributed by atoms with Crippen molar-refractivity contribution in [1.29, 1.82) is 0 Å². The molecule has 1 fully saturated rings. The van der Waals surface area contributed by atoms with Gasteiger partial charge >= 0.3 is 0 Å². The Morgan fingerprint density at radius 2 is 1.85 bits per heavy atom. The lowest BCUT2D eigenvalue weighted by Crippen LogP contribution is -2.53. The molecule has 1 aromatic carbocycles. The lowest BCUT2D eigenvalue weighted by Gasteiger charge is -2.36. The van der Waals surface area contributed by atoms with E-state index < -0.39 is 0 Å². The molecule has 1 aromatic heterocycles. The molecule has 0 saturated carbocycles. The third-order valence-corrected chi connectivity index (χ3v) is 4.65. The van der Waals surface area contributed by atoms with Crippen LogP contribution in [0.3, 0.4) is 0 Å². The summed E-state index contributed by atoms with van der Waals surface area (Å²) in [5, 5.41) is 4.53. The summed E-state index contributed by atoms with van der Waals surface area (Å²) in [6.07, 6.45) is 0.813. The second-order valence-electron chi connectivity index (χ2n) is 6.47. The molecule has 6 nitrogen and oxygen atoms in total. The van der Waals surface area contributed by atoms with Crippen LogP contribution in [-0.2, 0) is 11.2 Å². The van der Waals surface area contributed by atoms with E-state index >= 15 is 0 Å². The summed E-state index contributed by atoms with van der Waals surface area (Å²) in [6.45, 7) is 8.38. The van der Waals surface area contributed by atoms with Crippen LogP contribution in [0.25, 0.3) is 10.9 Å². The molecule has 0 radical (unpaired) electrons. The largest absolute Gasteiger partial charge is 0.357 e. The van der Waals surface area contributed by atoms with Crippen molar-refractivity contribution >= 4 is 22.8 Å². The number of guanidine groups is 1. The van der Waals surface area contributed by atoms with Crippen LogP contribution in [0.15, 0.2) is 41.4 Å². The summed E-state index contributed by atoms with van der Waals surface area (Å²) in [4.78, 5) is 25.1. The van der Waals surface area contributed by atoms with Gasteiger partial charge in [0.2, 0.25) is 5.91 Å². The summed E-state index contributed by atoms with van der Waals surface area (Å²) >= 11 is 0. The number of aliphatic imine (C=N–C) groups is 1. The summed E-state index contributed by atoms with van der Waals surface area (Å²) in [5.41, 5.74) is 2.09. The number of hydrogen-bond acceptors (Lipinski definition) is 3. The number of rotatable bonds is 4. The second-order valence-corrected chi connectivity index (χ2v) is 6.47. The second kappa shape index (κ2) is 8.65. The Morgan fingerprint density at radius 1 is 1.12 bits per heavy atom. The molecule has 1 amide bonds. The number of carbonyl (C=O) groups excluding carboxylic acids is 1. The normalized spacial score (nSPS) is 15.4. The van der Waals surface area contributed by atoms with Gasteiger partial charge in [0, 0.05) is 63.7 Å². The van der Waals surface area contributed by atoms with E-state index in [1.165, 1.54) is 0 Å². The number of piperazine rings is 1. The van der Waals surface area contributed by atoms with Crippen LogP contribution in [0.2, 0.25) is 0 Å². The standard InChI is InChI=1S/C20H27N5O/c1-3-21-20(25-14-12-24(13-15-25)16(2)26)22-11-10-18-9-8-17-6-4-5-7-19(17)23-18/h4-9H,3,10-15H2,1-2H3,(H,21,22). The van der Waals surface area contributed by atoms with Gasteiger partial charge in [0.05, 0.1) is 5.52 Å². The van der Waals surface area contributed by atoms with Gasteiger partial charge in [0.1, 0.15) is 0 Å². The van der Waals surface area contributed by atoms with Crippen LogP contribution in [0.1, 0.15) is 19.5 Å². The number of aromatic nitrogens is 1. The molecule has 0 aliphatic carbocycles. The van der Waals surface area contributed by atoms with Gasteiger partial charge in [-0.1, -0.05) is 24.3 Å². The van der Waals surface area contributed by atoms with Crippen molar-refractivity contribution in [2.45, 2.75) is 20.3 Å². The first kappa shape index (κ1) is 18.2. The van der Waals surface area contributed by atoms with Crippen LogP contribution in [0.5, 0.6) is 0 Å². The number of hydrogen-bond donors (Lipinski definition) is 1. The maximum Gasteiger partial charge on any atom is 0.219 e. The number of carbonyl (C=O) groups is 1. The minimum Gasteiger partial charge on any atom is -0.357 e. The monoisotopic (exact) mass is 353 g/mol. The third-order valence-electron chi connectivity index (χ3n) is 4.65. The molecule has 6 heteroatoms. The molecule has 2 aromatic rings. The van der Waals surface area contributed by atoms with Crippen LogP contribution >= 0.6 is 0 Å². The van der Waals surface area contributed by atoms with Gasteiger partial charge in [-0.3, -0.25) is 14.8 Å². The first-order valence-corrected chi connectivity index (χ1v) is 9.31. The highest BCUT2D eigenvalue weighted by molar-refractivity contribution is 5.81. The van der Waals surface area contributed by atoms with Gasteiger partial charge in [0.15, 0.2) is 5.96 Å². The highest BCUT2D eigenvalue weighted by atomic mass is 16.2. The number of nitrogens with zero attached hydrogens (tertiary/aromatic N) is 4. The Bertz CT molecular complexity index is 781. The number of para-hydroxylation sites is 1. The van der Waals surface area contributed by atoms with Gasteiger partial charge in [-0.15, -0.1) is 0 Å². The Balaban J connectivity index is 1.61. The van der Waals surface area contributed by atoms with Crippen LogP contribution in [0, 0.1) is 0 Å². The average molecular weight is 353 g/mol. The Hall–Kier alpha value is -2.63. The predicted molar refractivity (Wildman–Crippen MR) is 105 cm³/mol. The number of benzene rings is 1. The molecule has 26 heavy (non-hydrogen) atoms. The quantitative estimate of drug-likeness (QED) is 0.674. The van der Waals surface area contributed by atoms with E-state index in [0.29, 0.717) is 6.54 Å². The topological polar surface area (TPSA) is 60.8 Å². The third kappa shape index (κ3) is 4.50. The zero-order valence-electron chi connectivity index (χ0n) is 15.6. The fourth-order valence-electron chi connectivity index (χ4n) is 3.18. The Morgan fingerprint density at radius 3 is 2.58 bits per heavy atom. The van der Waals surface area contributed by atoms with Gasteiger partial charge in [-0.25, -0.2) is 0 Å². The molecule has 2 heterocycles. The molecule has 1 N–H and O–H groups in total. The maximum atomic E-state index is 11.5. The minimum atomic E-state index is 0.147. The van der Waals surface area contributed by atoms with Gasteiger partial charge in [-0.2, -0.15) is 0 Å². The fourth-order valence-corrected chi connectivity index (χ4v) is 3.18. The van der Waals surface area contributed by atoms with E-state index in [4.69, 9.17) is 9.98 Å². The molecule has 3 rings (SSSR count). The summed E-state index contributed by atoms with van der Waals surface area (Å²) in [7, 11) is 0. The van der Waals surface area contributed by atoms with E-state index in [0.717, 1.165) is 61.7 Å². The van der Waals surface area contributed by atoms with Crippen molar-refractivity contribution in [2.75, 3.05) is 39.3 Å². The van der Waals surface area contributed by atoms with E-state index in [9.17, 15) is 4.79 Å². The first-order valence-electron chi connectivity index (χ1n) is 9.31. The van der Waals surface area contributed by atoms with Crippen molar-refractivity contribution in [3.63, 3.8) is 0 Å². The molecule has 138 valence electrons. The molecule has 0 atom stereocenters. The van der Waals surface area contributed by atoms with Gasteiger partial charge in [-0.05, 0) is 19.1 Å². The Kier molecular flexibility index (Phi) is 6.04. The van der Waals surface area contributed by atoms with Crippen molar-refractivity contribution in [2.24, 2.45) is 4.99 Å².